The first-order chi connectivity index (χ1) is 9.37. The smallest absolute Gasteiger partial charge is 0.422 e. The molecule has 0 aliphatic heterocycles. The van der Waals surface area contributed by atoms with Gasteiger partial charge in [-0.05, 0) is 0 Å². The van der Waals surface area contributed by atoms with Crippen molar-refractivity contribution in [2.75, 3.05) is 0 Å². The minimum Gasteiger partial charge on any atom is -0.422 e. The average Bonchev–Trinajstić information content (AvgIpc) is 2.15. The summed E-state index contributed by atoms with van der Waals surface area (Å²) in [6, 6.07) is 0. The van der Waals surface area contributed by atoms with E-state index in [4.69, 9.17) is 139 Å². The molecule has 0 unspecified atom stereocenters. The molecule has 0 spiro atoms. The van der Waals surface area contributed by atoms with Gasteiger partial charge in [0.15, 0.2) is 12.2 Å². The van der Waals surface area contributed by atoms with Crippen molar-refractivity contribution in [3.8, 4) is 0 Å². The molecule has 0 rings (SSSR count). The minimum absolute atomic E-state index is 1.58. The molecule has 22 heavy (non-hydrogen) atoms. The van der Waals surface area contributed by atoms with Gasteiger partial charge in [0.05, 0.1) is 0 Å². The van der Waals surface area contributed by atoms with Gasteiger partial charge in [0.2, 0.25) is 15.2 Å². The lowest BCUT2D eigenvalue weighted by atomic mass is 10.4. The van der Waals surface area contributed by atoms with Crippen LogP contribution in [0.4, 0.5) is 4.79 Å². The summed E-state index contributed by atoms with van der Waals surface area (Å²) in [5, 5.41) is 0. The van der Waals surface area contributed by atoms with Crippen LogP contribution in [0.5, 0.6) is 0 Å². The van der Waals surface area contributed by atoms with E-state index in [1.165, 1.54) is 0 Å². The molecule has 3 nitrogen and oxygen atoms in total. The summed E-state index contributed by atoms with van der Waals surface area (Å²) >= 11 is 66.4. The first-order valence-corrected chi connectivity index (χ1v) is 9.04. The van der Waals surface area contributed by atoms with Crippen molar-refractivity contribution < 1.29 is 14.3 Å². The number of carbonyl (C=O) groups excluding carboxylic acids is 1. The van der Waals surface area contributed by atoms with Crippen molar-refractivity contribution in [2.45, 2.75) is 27.4 Å². The van der Waals surface area contributed by atoms with Crippen LogP contribution in [0, 0.1) is 0 Å². The molecule has 0 saturated heterocycles. The summed E-state index contributed by atoms with van der Waals surface area (Å²) in [4.78, 5) is 11.7. The van der Waals surface area contributed by atoms with Crippen molar-refractivity contribution in [3.05, 3.63) is 0 Å². The van der Waals surface area contributed by atoms with E-state index in [1.807, 2.05) is 0 Å². The zero-order chi connectivity index (χ0) is 18.1. The SMILES string of the molecule is O=C(OC(C(Cl)(Cl)Cl)C(Cl)(Cl)Cl)OC(C(Cl)(Cl)Cl)C(Cl)(Cl)Cl. The highest BCUT2D eigenvalue weighted by Crippen LogP contribution is 2.47. The molecule has 0 aromatic rings. The van der Waals surface area contributed by atoms with Gasteiger partial charge in [0.25, 0.3) is 0 Å². The van der Waals surface area contributed by atoms with Crippen molar-refractivity contribution in [3.63, 3.8) is 0 Å². The molecule has 0 aliphatic carbocycles. The summed E-state index contributed by atoms with van der Waals surface area (Å²) in [7, 11) is 0. The molecule has 132 valence electrons. The highest BCUT2D eigenvalue weighted by Gasteiger charge is 2.53. The lowest BCUT2D eigenvalue weighted by molar-refractivity contribution is 0.00193. The van der Waals surface area contributed by atoms with Crippen molar-refractivity contribution in [1.82, 2.24) is 0 Å². The molecule has 0 aromatic heterocycles. The van der Waals surface area contributed by atoms with Gasteiger partial charge in [0, 0.05) is 0 Å². The maximum Gasteiger partial charge on any atom is 0.509 e. The summed E-state index contributed by atoms with van der Waals surface area (Å²) < 4.78 is -0.0878. The Labute approximate surface area is 185 Å². The molecule has 0 heterocycles. The van der Waals surface area contributed by atoms with E-state index < -0.39 is 33.5 Å². The van der Waals surface area contributed by atoms with Gasteiger partial charge in [-0.3, -0.25) is 0 Å². The molecule has 0 bridgehead atoms. The van der Waals surface area contributed by atoms with Gasteiger partial charge in [0.1, 0.15) is 0 Å². The molecule has 0 aromatic carbocycles. The van der Waals surface area contributed by atoms with E-state index in [1.54, 1.807) is 0 Å². The molecule has 0 fully saturated rings. The van der Waals surface area contributed by atoms with Gasteiger partial charge in [-0.25, -0.2) is 4.79 Å². The third kappa shape index (κ3) is 8.91. The number of hydrogen-bond donors (Lipinski definition) is 0. The second kappa shape index (κ2) is 8.63. The van der Waals surface area contributed by atoms with Crippen molar-refractivity contribution in [1.29, 1.82) is 0 Å². The molecular formula is C7H2Cl12O3. The summed E-state index contributed by atoms with van der Waals surface area (Å²) in [5.74, 6) is 0. The fourth-order valence-corrected chi connectivity index (χ4v) is 4.36. The summed E-state index contributed by atoms with van der Waals surface area (Å²) in [6.07, 6.45) is -5.34. The maximum absolute atomic E-state index is 11.7. The second-order valence-corrected chi connectivity index (χ2v) is 12.9. The second-order valence-electron chi connectivity index (χ2n) is 3.41. The largest absolute Gasteiger partial charge is 0.509 e. The number of ether oxygens (including phenoxy) is 2. The Morgan fingerprint density at radius 3 is 0.864 bits per heavy atom. The Morgan fingerprint density at radius 2 is 0.727 bits per heavy atom. The van der Waals surface area contributed by atoms with E-state index in [0.717, 1.165) is 0 Å². The monoisotopic (exact) mass is 554 g/mol. The Bertz CT molecular complexity index is 323. The van der Waals surface area contributed by atoms with Gasteiger partial charge in [-0.15, -0.1) is 0 Å². The maximum atomic E-state index is 11.7. The fraction of sp³-hybridized carbons (Fsp3) is 0.857. The van der Waals surface area contributed by atoms with E-state index >= 15 is 0 Å². The molecule has 0 radical (unpaired) electrons. The molecule has 0 atom stereocenters. The Balaban J connectivity index is 5.20. The van der Waals surface area contributed by atoms with E-state index in [-0.39, 0.29) is 0 Å². The predicted octanol–water partition coefficient (Wildman–Crippen LogP) is 7.36. The Kier molecular flexibility index (Phi) is 9.70. The minimum atomic E-state index is -2.32. The highest BCUT2D eigenvalue weighted by atomic mass is 35.6. The normalized spacial score (nSPS) is 14.5. The van der Waals surface area contributed by atoms with Crippen LogP contribution in [0.25, 0.3) is 0 Å². The first kappa shape index (κ1) is 24.8. The zero-order valence-electron chi connectivity index (χ0n) is 9.42. The highest BCUT2D eigenvalue weighted by molar-refractivity contribution is 6.74. The standard InChI is InChI=1S/C7H2Cl12O3/c8-4(9,10)1(5(11,12)13)21-3(20)22-2(6(14,15)16)7(17,18)19/h1-2H. The van der Waals surface area contributed by atoms with Crippen LogP contribution in [0.2, 0.25) is 0 Å². The van der Waals surface area contributed by atoms with Crippen LogP contribution in [-0.4, -0.2) is 33.5 Å². The van der Waals surface area contributed by atoms with Gasteiger partial charge < -0.3 is 9.47 Å². The number of hydrogen-bond acceptors (Lipinski definition) is 3. The van der Waals surface area contributed by atoms with Gasteiger partial charge in [-0.2, -0.15) is 0 Å². The molecular weight excluding hydrogens is 558 g/mol. The van der Waals surface area contributed by atoms with E-state index in [2.05, 4.69) is 9.47 Å². The van der Waals surface area contributed by atoms with Crippen LogP contribution in [0.1, 0.15) is 0 Å². The molecule has 0 amide bonds. The predicted molar refractivity (Wildman–Crippen MR) is 96.3 cm³/mol. The topological polar surface area (TPSA) is 35.5 Å². The van der Waals surface area contributed by atoms with Crippen LogP contribution in [0.3, 0.4) is 0 Å². The quantitative estimate of drug-likeness (QED) is 0.262. The van der Waals surface area contributed by atoms with Gasteiger partial charge in [-0.1, -0.05) is 139 Å². The molecule has 0 N–H and O–H groups in total. The van der Waals surface area contributed by atoms with E-state index in [0.29, 0.717) is 0 Å². The molecule has 0 saturated carbocycles. The number of alkyl halides is 12. The summed E-state index contributed by atoms with van der Waals surface area (Å²) in [5.41, 5.74) is 0. The Morgan fingerprint density at radius 1 is 0.545 bits per heavy atom. The number of halogens is 12. The lowest BCUT2D eigenvalue weighted by Crippen LogP contribution is -2.46. The number of rotatable bonds is 2. The van der Waals surface area contributed by atoms with Crippen molar-refractivity contribution >= 4 is 145 Å². The van der Waals surface area contributed by atoms with E-state index in [9.17, 15) is 4.79 Å². The third-order valence-corrected chi connectivity index (χ3v) is 4.00. The van der Waals surface area contributed by atoms with Crippen LogP contribution < -0.4 is 0 Å². The van der Waals surface area contributed by atoms with Crippen LogP contribution >= 0.6 is 139 Å². The number of carbonyl (C=O) groups is 1. The van der Waals surface area contributed by atoms with Crippen molar-refractivity contribution in [2.24, 2.45) is 0 Å². The molecule has 15 heteroatoms. The zero-order valence-corrected chi connectivity index (χ0v) is 18.5. The third-order valence-electron chi connectivity index (χ3n) is 1.62. The first-order valence-electron chi connectivity index (χ1n) is 4.51. The fourth-order valence-electron chi connectivity index (χ4n) is 0.859. The van der Waals surface area contributed by atoms with Crippen LogP contribution in [0.15, 0.2) is 0 Å². The summed E-state index contributed by atoms with van der Waals surface area (Å²) in [6.45, 7) is 0. The average molecular weight is 560 g/mol. The van der Waals surface area contributed by atoms with Crippen LogP contribution in [-0.2, 0) is 9.47 Å². The van der Waals surface area contributed by atoms with Gasteiger partial charge >= 0.3 is 6.16 Å². The Hall–Kier alpha value is 2.75. The lowest BCUT2D eigenvalue weighted by Gasteiger charge is -2.32. The molecule has 0 aliphatic rings.